The summed E-state index contributed by atoms with van der Waals surface area (Å²) in [6.45, 7) is 0.0445. The van der Waals surface area contributed by atoms with E-state index in [0.29, 0.717) is 16.5 Å². The second-order valence-corrected chi connectivity index (χ2v) is 3.43. The number of halogens is 1. The minimum absolute atomic E-state index is 0.129. The molecule has 14 heavy (non-hydrogen) atoms. The number of aliphatic hydroxyl groups excluding tert-OH is 1. The maximum atomic E-state index is 8.89. The highest BCUT2D eigenvalue weighted by molar-refractivity contribution is 6.32. The number of ether oxygens (including phenoxy) is 2. The Labute approximate surface area is 86.2 Å². The van der Waals surface area contributed by atoms with Crippen LogP contribution in [0.4, 0.5) is 0 Å². The normalized spacial score (nSPS) is 15.6. The van der Waals surface area contributed by atoms with E-state index in [1.807, 2.05) is 0 Å². The monoisotopic (exact) mass is 215 g/mol. The first-order valence-electron chi connectivity index (χ1n) is 4.18. The van der Waals surface area contributed by atoms with Crippen molar-refractivity contribution >= 4 is 11.6 Å². The van der Waals surface area contributed by atoms with Gasteiger partial charge in [0.25, 0.3) is 0 Å². The van der Waals surface area contributed by atoms with Crippen LogP contribution in [0.15, 0.2) is 12.1 Å². The van der Waals surface area contributed by atoms with E-state index in [-0.39, 0.29) is 13.4 Å². The van der Waals surface area contributed by atoms with Crippen molar-refractivity contribution in [2.24, 2.45) is 5.73 Å². The van der Waals surface area contributed by atoms with Crippen LogP contribution < -0.4 is 15.2 Å². The molecule has 0 aliphatic carbocycles. The molecule has 1 aromatic carbocycles. The first-order chi connectivity index (χ1) is 6.72. The van der Waals surface area contributed by atoms with Gasteiger partial charge in [0.05, 0.1) is 17.7 Å². The quantitative estimate of drug-likeness (QED) is 0.775. The summed E-state index contributed by atoms with van der Waals surface area (Å²) in [6, 6.07) is 2.97. The molecule has 1 aliphatic heterocycles. The number of nitrogens with two attached hydrogens (primary N) is 1. The number of benzene rings is 1. The van der Waals surface area contributed by atoms with Crippen LogP contribution in [-0.4, -0.2) is 18.5 Å². The lowest BCUT2D eigenvalue weighted by atomic mass is 10.1. The second-order valence-electron chi connectivity index (χ2n) is 3.03. The Morgan fingerprint density at radius 3 is 3.00 bits per heavy atom. The summed E-state index contributed by atoms with van der Waals surface area (Å²) in [4.78, 5) is 0. The summed E-state index contributed by atoms with van der Waals surface area (Å²) in [6.07, 6.45) is 0. The van der Waals surface area contributed by atoms with Crippen molar-refractivity contribution in [2.75, 3.05) is 13.4 Å². The predicted molar refractivity (Wildman–Crippen MR) is 51.6 cm³/mol. The van der Waals surface area contributed by atoms with Gasteiger partial charge in [-0.15, -0.1) is 0 Å². The highest BCUT2D eigenvalue weighted by atomic mass is 35.5. The fraction of sp³-hybridized carbons (Fsp3) is 0.333. The van der Waals surface area contributed by atoms with Crippen LogP contribution in [-0.2, 0) is 0 Å². The van der Waals surface area contributed by atoms with Gasteiger partial charge in [-0.1, -0.05) is 11.6 Å². The lowest BCUT2D eigenvalue weighted by Crippen LogP contribution is -2.14. The molecular formula is C9H10ClNO3. The number of aliphatic hydroxyl groups is 1. The van der Waals surface area contributed by atoms with E-state index in [0.717, 1.165) is 5.56 Å². The van der Waals surface area contributed by atoms with Crippen LogP contribution in [0.25, 0.3) is 0 Å². The molecule has 76 valence electrons. The van der Waals surface area contributed by atoms with Crippen molar-refractivity contribution in [3.05, 3.63) is 22.7 Å². The molecule has 5 heteroatoms. The van der Waals surface area contributed by atoms with Gasteiger partial charge < -0.3 is 20.3 Å². The SMILES string of the molecule is N[C@H](CO)c1cc(Cl)c2c(c1)OCO2. The lowest BCUT2D eigenvalue weighted by Gasteiger charge is -2.09. The van der Waals surface area contributed by atoms with Crippen LogP contribution in [0.3, 0.4) is 0 Å². The molecule has 1 aromatic rings. The maximum Gasteiger partial charge on any atom is 0.231 e. The molecule has 4 nitrogen and oxygen atoms in total. The van der Waals surface area contributed by atoms with Crippen LogP contribution in [0.1, 0.15) is 11.6 Å². The van der Waals surface area contributed by atoms with Gasteiger partial charge in [-0.3, -0.25) is 0 Å². The highest BCUT2D eigenvalue weighted by Crippen LogP contribution is 2.40. The third kappa shape index (κ3) is 1.52. The molecule has 0 radical (unpaired) electrons. The van der Waals surface area contributed by atoms with E-state index in [2.05, 4.69) is 0 Å². The van der Waals surface area contributed by atoms with E-state index < -0.39 is 6.04 Å². The number of hydrogen-bond acceptors (Lipinski definition) is 4. The summed E-state index contributed by atoms with van der Waals surface area (Å²) in [5.74, 6) is 1.12. The van der Waals surface area contributed by atoms with Gasteiger partial charge in [-0.2, -0.15) is 0 Å². The topological polar surface area (TPSA) is 64.7 Å². The molecule has 1 atom stereocenters. The molecule has 0 bridgehead atoms. The minimum Gasteiger partial charge on any atom is -0.454 e. The molecule has 0 spiro atoms. The molecule has 0 saturated carbocycles. The van der Waals surface area contributed by atoms with Gasteiger partial charge in [-0.05, 0) is 17.7 Å². The largest absolute Gasteiger partial charge is 0.454 e. The maximum absolute atomic E-state index is 8.89. The van der Waals surface area contributed by atoms with Gasteiger partial charge in [0, 0.05) is 0 Å². The van der Waals surface area contributed by atoms with Crippen LogP contribution >= 0.6 is 11.6 Å². The lowest BCUT2D eigenvalue weighted by molar-refractivity contribution is 0.174. The molecule has 0 aromatic heterocycles. The molecule has 0 saturated heterocycles. The Morgan fingerprint density at radius 2 is 2.29 bits per heavy atom. The molecule has 3 N–H and O–H groups in total. The third-order valence-electron chi connectivity index (χ3n) is 2.07. The number of hydrogen-bond donors (Lipinski definition) is 2. The Morgan fingerprint density at radius 1 is 1.50 bits per heavy atom. The Kier molecular flexibility index (Phi) is 2.50. The van der Waals surface area contributed by atoms with Crippen molar-refractivity contribution in [3.8, 4) is 11.5 Å². The molecule has 2 rings (SSSR count). The van der Waals surface area contributed by atoms with E-state index in [9.17, 15) is 0 Å². The molecule has 1 heterocycles. The average molecular weight is 216 g/mol. The Bertz CT molecular complexity index is 356. The van der Waals surface area contributed by atoms with Crippen molar-refractivity contribution in [3.63, 3.8) is 0 Å². The summed E-state index contributed by atoms with van der Waals surface area (Å²) >= 11 is 5.93. The molecular weight excluding hydrogens is 206 g/mol. The van der Waals surface area contributed by atoms with E-state index in [1.54, 1.807) is 12.1 Å². The number of rotatable bonds is 2. The predicted octanol–water partition coefficient (Wildman–Crippen LogP) is 1.06. The summed E-state index contributed by atoms with van der Waals surface area (Å²) in [5.41, 5.74) is 6.39. The van der Waals surface area contributed by atoms with Crippen LogP contribution in [0, 0.1) is 0 Å². The fourth-order valence-corrected chi connectivity index (χ4v) is 1.58. The van der Waals surface area contributed by atoms with E-state index in [1.165, 1.54) is 0 Å². The second kappa shape index (κ2) is 3.65. The van der Waals surface area contributed by atoms with E-state index >= 15 is 0 Å². The number of fused-ring (bicyclic) bond motifs is 1. The molecule has 1 aliphatic rings. The van der Waals surface area contributed by atoms with Crippen LogP contribution in [0.2, 0.25) is 5.02 Å². The van der Waals surface area contributed by atoms with Gasteiger partial charge in [0.1, 0.15) is 0 Å². The van der Waals surface area contributed by atoms with Crippen molar-refractivity contribution < 1.29 is 14.6 Å². The van der Waals surface area contributed by atoms with Gasteiger partial charge >= 0.3 is 0 Å². The van der Waals surface area contributed by atoms with Gasteiger partial charge in [0.15, 0.2) is 11.5 Å². The van der Waals surface area contributed by atoms with Crippen molar-refractivity contribution in [1.82, 2.24) is 0 Å². The smallest absolute Gasteiger partial charge is 0.231 e. The zero-order valence-electron chi connectivity index (χ0n) is 7.37. The first kappa shape index (κ1) is 9.58. The first-order valence-corrected chi connectivity index (χ1v) is 4.55. The average Bonchev–Trinajstić information content (AvgIpc) is 2.64. The summed E-state index contributed by atoms with van der Waals surface area (Å²) in [5, 5.41) is 9.34. The highest BCUT2D eigenvalue weighted by Gasteiger charge is 2.19. The standard InChI is InChI=1S/C9H10ClNO3/c10-6-1-5(7(11)3-12)2-8-9(6)14-4-13-8/h1-2,7,12H,3-4,11H2/t7-/m1/s1. The Balaban J connectivity index is 2.41. The molecule has 0 fully saturated rings. The zero-order valence-corrected chi connectivity index (χ0v) is 8.12. The van der Waals surface area contributed by atoms with Crippen LogP contribution in [0.5, 0.6) is 11.5 Å². The van der Waals surface area contributed by atoms with E-state index in [4.69, 9.17) is 31.9 Å². The Hall–Kier alpha value is -0.970. The zero-order chi connectivity index (χ0) is 10.1. The summed E-state index contributed by atoms with van der Waals surface area (Å²) < 4.78 is 10.3. The van der Waals surface area contributed by atoms with Gasteiger partial charge in [-0.25, -0.2) is 0 Å². The fourth-order valence-electron chi connectivity index (χ4n) is 1.31. The van der Waals surface area contributed by atoms with Crippen molar-refractivity contribution in [2.45, 2.75) is 6.04 Å². The minimum atomic E-state index is -0.443. The van der Waals surface area contributed by atoms with Gasteiger partial charge in [0.2, 0.25) is 6.79 Å². The summed E-state index contributed by atoms with van der Waals surface area (Å²) in [7, 11) is 0. The van der Waals surface area contributed by atoms with Crippen molar-refractivity contribution in [1.29, 1.82) is 0 Å². The molecule has 0 amide bonds. The molecule has 0 unspecified atom stereocenters. The third-order valence-corrected chi connectivity index (χ3v) is 2.36.